The van der Waals surface area contributed by atoms with Crippen molar-refractivity contribution in [2.75, 3.05) is 18.0 Å². The molecule has 0 aromatic carbocycles. The molecular weight excluding hydrogens is 321 g/mol. The van der Waals surface area contributed by atoms with Crippen LogP contribution < -0.4 is 39.6 Å². The molecule has 0 aliphatic carbocycles. The molecule has 0 spiro atoms. The number of nitrogens with zero attached hydrogens (tertiary/aromatic N) is 5. The van der Waals surface area contributed by atoms with Crippen molar-refractivity contribution in [3.63, 3.8) is 0 Å². The van der Waals surface area contributed by atoms with Crippen LogP contribution >= 0.6 is 0 Å². The zero-order valence-corrected chi connectivity index (χ0v) is 16.3. The predicted molar refractivity (Wildman–Crippen MR) is 81.3 cm³/mol. The SMILES string of the molecule is Cc1cc(N2CCCN(C(C)C)C2=O)nc2c(C(=O)[O-])cnn12.[Na+]. The van der Waals surface area contributed by atoms with Crippen LogP contribution in [0.2, 0.25) is 0 Å². The van der Waals surface area contributed by atoms with E-state index in [-0.39, 0.29) is 52.8 Å². The summed E-state index contributed by atoms with van der Waals surface area (Å²) < 4.78 is 1.43. The third kappa shape index (κ3) is 3.13. The van der Waals surface area contributed by atoms with Gasteiger partial charge in [0.25, 0.3) is 0 Å². The number of anilines is 1. The van der Waals surface area contributed by atoms with Gasteiger partial charge in [0.05, 0.1) is 17.7 Å². The van der Waals surface area contributed by atoms with Crippen LogP contribution in [0.4, 0.5) is 10.6 Å². The Morgan fingerprint density at radius 1 is 1.33 bits per heavy atom. The number of aromatic nitrogens is 3. The number of carboxylic acid groups (broad SMARTS) is 1. The Morgan fingerprint density at radius 3 is 2.67 bits per heavy atom. The number of amides is 2. The third-order valence-corrected chi connectivity index (χ3v) is 4.01. The molecule has 1 aliphatic rings. The van der Waals surface area contributed by atoms with E-state index in [1.54, 1.807) is 22.8 Å². The van der Waals surface area contributed by atoms with Crippen LogP contribution in [-0.2, 0) is 0 Å². The molecule has 1 fully saturated rings. The molecule has 0 unspecified atom stereocenters. The second kappa shape index (κ2) is 7.08. The molecule has 3 heterocycles. The van der Waals surface area contributed by atoms with Gasteiger partial charge in [-0.2, -0.15) is 5.10 Å². The number of aromatic carboxylic acids is 1. The average molecular weight is 339 g/mol. The van der Waals surface area contributed by atoms with Gasteiger partial charge >= 0.3 is 35.6 Å². The minimum atomic E-state index is -1.34. The monoisotopic (exact) mass is 339 g/mol. The molecular formula is C15H18N5NaO3. The summed E-state index contributed by atoms with van der Waals surface area (Å²) in [5.41, 5.74) is 0.807. The van der Waals surface area contributed by atoms with Crippen molar-refractivity contribution in [1.29, 1.82) is 0 Å². The number of carbonyl (C=O) groups is 2. The normalized spacial score (nSPS) is 15.1. The van der Waals surface area contributed by atoms with Gasteiger partial charge in [0.2, 0.25) is 0 Å². The number of aryl methyl sites for hydroxylation is 1. The van der Waals surface area contributed by atoms with Gasteiger partial charge in [-0.15, -0.1) is 0 Å². The van der Waals surface area contributed by atoms with E-state index in [0.29, 0.717) is 24.6 Å². The summed E-state index contributed by atoms with van der Waals surface area (Å²) in [5.74, 6) is -0.897. The van der Waals surface area contributed by atoms with Crippen LogP contribution in [0.3, 0.4) is 0 Å². The summed E-state index contributed by atoms with van der Waals surface area (Å²) in [6.45, 7) is 6.99. The van der Waals surface area contributed by atoms with Crippen LogP contribution in [0.15, 0.2) is 12.3 Å². The molecule has 122 valence electrons. The molecule has 1 saturated heterocycles. The topological polar surface area (TPSA) is 93.9 Å². The Hall–Kier alpha value is -1.64. The first-order chi connectivity index (χ1) is 10.9. The summed E-state index contributed by atoms with van der Waals surface area (Å²) in [6, 6.07) is 1.72. The van der Waals surface area contributed by atoms with E-state index in [1.165, 1.54) is 10.7 Å². The predicted octanol–water partition coefficient (Wildman–Crippen LogP) is -2.55. The number of rotatable bonds is 3. The number of hydrogen-bond acceptors (Lipinski definition) is 5. The van der Waals surface area contributed by atoms with Gasteiger partial charge in [-0.1, -0.05) is 0 Å². The second-order valence-corrected chi connectivity index (χ2v) is 5.91. The average Bonchev–Trinajstić information content (AvgIpc) is 2.91. The maximum Gasteiger partial charge on any atom is 1.00 e. The van der Waals surface area contributed by atoms with Crippen molar-refractivity contribution in [2.24, 2.45) is 0 Å². The Bertz CT molecular complexity index is 789. The fourth-order valence-corrected chi connectivity index (χ4v) is 2.82. The first-order valence-electron chi connectivity index (χ1n) is 7.55. The van der Waals surface area contributed by atoms with Gasteiger partial charge in [-0.3, -0.25) is 4.90 Å². The van der Waals surface area contributed by atoms with Crippen LogP contribution in [0.25, 0.3) is 5.65 Å². The first kappa shape index (κ1) is 18.7. The molecule has 24 heavy (non-hydrogen) atoms. The molecule has 9 heteroatoms. The van der Waals surface area contributed by atoms with Gasteiger partial charge in [-0.25, -0.2) is 14.3 Å². The van der Waals surface area contributed by atoms with Crippen LogP contribution in [-0.4, -0.2) is 50.6 Å². The van der Waals surface area contributed by atoms with E-state index >= 15 is 0 Å². The molecule has 1 aliphatic heterocycles. The maximum absolute atomic E-state index is 12.6. The number of hydrogen-bond donors (Lipinski definition) is 0. The summed E-state index contributed by atoms with van der Waals surface area (Å²) in [4.78, 5) is 31.5. The van der Waals surface area contributed by atoms with Gasteiger partial charge in [0.15, 0.2) is 5.65 Å². The van der Waals surface area contributed by atoms with Crippen molar-refractivity contribution in [1.82, 2.24) is 19.5 Å². The maximum atomic E-state index is 12.6. The molecule has 2 amide bonds. The summed E-state index contributed by atoms with van der Waals surface area (Å²) in [7, 11) is 0. The van der Waals surface area contributed by atoms with Gasteiger partial charge in [0.1, 0.15) is 5.82 Å². The number of urea groups is 1. The first-order valence-corrected chi connectivity index (χ1v) is 7.55. The van der Waals surface area contributed by atoms with E-state index in [9.17, 15) is 14.7 Å². The number of carbonyl (C=O) groups excluding carboxylic acids is 2. The zero-order valence-electron chi connectivity index (χ0n) is 14.3. The molecule has 2 aromatic heterocycles. The fraction of sp³-hybridized carbons (Fsp3) is 0.467. The Balaban J connectivity index is 0.00000208. The van der Waals surface area contributed by atoms with Crippen molar-refractivity contribution in [3.05, 3.63) is 23.5 Å². The number of fused-ring (bicyclic) bond motifs is 1. The van der Waals surface area contributed by atoms with Gasteiger partial charge < -0.3 is 14.8 Å². The van der Waals surface area contributed by atoms with E-state index < -0.39 is 5.97 Å². The molecule has 0 bridgehead atoms. The quantitative estimate of drug-likeness (QED) is 0.574. The fourth-order valence-electron chi connectivity index (χ4n) is 2.82. The van der Waals surface area contributed by atoms with E-state index in [0.717, 1.165) is 6.42 Å². The van der Waals surface area contributed by atoms with Crippen LogP contribution in [0, 0.1) is 6.92 Å². The zero-order chi connectivity index (χ0) is 16.7. The molecule has 3 rings (SSSR count). The summed E-state index contributed by atoms with van der Waals surface area (Å²) in [6.07, 6.45) is 2.05. The van der Waals surface area contributed by atoms with Gasteiger partial charge in [0, 0.05) is 30.9 Å². The van der Waals surface area contributed by atoms with Gasteiger partial charge in [-0.05, 0) is 27.2 Å². The van der Waals surface area contributed by atoms with E-state index in [2.05, 4.69) is 10.1 Å². The standard InChI is InChI=1S/C15H19N5O3.Na/c1-9(2)18-5-4-6-19(15(18)23)12-7-10(3)20-13(17-12)11(8-16-20)14(21)22;/h7-9H,4-6H2,1-3H3,(H,21,22);/q;+1/p-1. The molecule has 8 nitrogen and oxygen atoms in total. The number of carboxylic acids is 1. The second-order valence-electron chi connectivity index (χ2n) is 5.91. The van der Waals surface area contributed by atoms with Crippen molar-refractivity contribution < 1.29 is 44.3 Å². The van der Waals surface area contributed by atoms with Crippen molar-refractivity contribution in [2.45, 2.75) is 33.2 Å². The van der Waals surface area contributed by atoms with E-state index in [1.807, 2.05) is 13.8 Å². The Labute approximate surface area is 161 Å². The Morgan fingerprint density at radius 2 is 2.04 bits per heavy atom. The largest absolute Gasteiger partial charge is 1.00 e. The van der Waals surface area contributed by atoms with Crippen molar-refractivity contribution >= 4 is 23.5 Å². The molecule has 0 atom stereocenters. The molecule has 2 aromatic rings. The third-order valence-electron chi connectivity index (χ3n) is 4.01. The summed E-state index contributed by atoms with van der Waals surface area (Å²) >= 11 is 0. The smallest absolute Gasteiger partial charge is 0.545 e. The van der Waals surface area contributed by atoms with Crippen LogP contribution in [0.5, 0.6) is 0 Å². The molecule has 0 saturated carbocycles. The minimum absolute atomic E-state index is 0. The minimum Gasteiger partial charge on any atom is -0.545 e. The summed E-state index contributed by atoms with van der Waals surface area (Å²) in [5, 5.41) is 15.2. The van der Waals surface area contributed by atoms with Crippen molar-refractivity contribution in [3.8, 4) is 0 Å². The van der Waals surface area contributed by atoms with E-state index in [4.69, 9.17) is 0 Å². The van der Waals surface area contributed by atoms with Crippen LogP contribution in [0.1, 0.15) is 36.3 Å². The molecule has 0 radical (unpaired) electrons. The Kier molecular flexibility index (Phi) is 5.52. The molecule has 0 N–H and O–H groups in total.